The van der Waals surface area contributed by atoms with Crippen LogP contribution in [-0.2, 0) is 11.8 Å². The molecule has 1 aliphatic heterocycles. The van der Waals surface area contributed by atoms with Gasteiger partial charge in [-0.3, -0.25) is 9.58 Å². The molecule has 0 saturated carbocycles. The van der Waals surface area contributed by atoms with E-state index in [1.807, 2.05) is 4.90 Å². The Hall–Kier alpha value is -1.90. The zero-order valence-corrected chi connectivity index (χ0v) is 12.7. The standard InChI is InChI=1S/C15H18F2N4O2/c1-20-15(18-9-19-20)12-8-23-6-5-21(12)7-13(22)14-10(16)3-2-4-11(14)17/h2-4,9,12-13,22H,5-8H2,1H3. The van der Waals surface area contributed by atoms with Crippen LogP contribution in [0.1, 0.15) is 23.5 Å². The second kappa shape index (κ2) is 6.69. The van der Waals surface area contributed by atoms with Gasteiger partial charge in [0.2, 0.25) is 0 Å². The highest BCUT2D eigenvalue weighted by Gasteiger charge is 2.31. The van der Waals surface area contributed by atoms with Gasteiger partial charge in [0.05, 0.1) is 30.9 Å². The molecule has 3 rings (SSSR count). The average molecular weight is 324 g/mol. The second-order valence-corrected chi connectivity index (χ2v) is 5.48. The van der Waals surface area contributed by atoms with E-state index >= 15 is 0 Å². The fraction of sp³-hybridized carbons (Fsp3) is 0.467. The van der Waals surface area contributed by atoms with Crippen LogP contribution in [0.15, 0.2) is 24.5 Å². The van der Waals surface area contributed by atoms with Gasteiger partial charge in [-0.1, -0.05) is 6.07 Å². The molecule has 8 heteroatoms. The Morgan fingerprint density at radius 2 is 2.13 bits per heavy atom. The zero-order chi connectivity index (χ0) is 16.4. The maximum Gasteiger partial charge on any atom is 0.146 e. The van der Waals surface area contributed by atoms with E-state index < -0.39 is 17.7 Å². The van der Waals surface area contributed by atoms with E-state index in [2.05, 4.69) is 10.1 Å². The van der Waals surface area contributed by atoms with Gasteiger partial charge < -0.3 is 9.84 Å². The van der Waals surface area contributed by atoms with E-state index in [4.69, 9.17) is 4.74 Å². The number of hydrogen-bond acceptors (Lipinski definition) is 5. The monoisotopic (exact) mass is 324 g/mol. The highest BCUT2D eigenvalue weighted by molar-refractivity contribution is 5.22. The summed E-state index contributed by atoms with van der Waals surface area (Å²) in [6.07, 6.45) is 0.166. The molecule has 1 saturated heterocycles. The third-order valence-electron chi connectivity index (χ3n) is 4.02. The van der Waals surface area contributed by atoms with Crippen molar-refractivity contribution in [2.75, 3.05) is 26.3 Å². The molecule has 1 aromatic heterocycles. The van der Waals surface area contributed by atoms with Crippen molar-refractivity contribution in [1.29, 1.82) is 0 Å². The first-order chi connectivity index (χ1) is 11.1. The lowest BCUT2D eigenvalue weighted by Gasteiger charge is -2.36. The van der Waals surface area contributed by atoms with E-state index in [0.29, 0.717) is 25.6 Å². The van der Waals surface area contributed by atoms with Gasteiger partial charge in [0.1, 0.15) is 23.8 Å². The molecular weight excluding hydrogens is 306 g/mol. The van der Waals surface area contributed by atoms with Crippen molar-refractivity contribution in [1.82, 2.24) is 19.7 Å². The lowest BCUT2D eigenvalue weighted by atomic mass is 10.1. The first-order valence-electron chi connectivity index (χ1n) is 7.35. The molecule has 2 unspecified atom stereocenters. The molecule has 1 aliphatic rings. The van der Waals surface area contributed by atoms with Gasteiger partial charge in [0, 0.05) is 20.1 Å². The van der Waals surface area contributed by atoms with Gasteiger partial charge in [-0.15, -0.1) is 0 Å². The van der Waals surface area contributed by atoms with Crippen LogP contribution in [0.3, 0.4) is 0 Å². The van der Waals surface area contributed by atoms with Crippen LogP contribution < -0.4 is 0 Å². The Balaban J connectivity index is 1.81. The van der Waals surface area contributed by atoms with Crippen molar-refractivity contribution in [2.45, 2.75) is 12.1 Å². The highest BCUT2D eigenvalue weighted by atomic mass is 19.1. The van der Waals surface area contributed by atoms with Crippen molar-refractivity contribution >= 4 is 0 Å². The molecule has 2 heterocycles. The summed E-state index contributed by atoms with van der Waals surface area (Å²) in [6.45, 7) is 1.49. The molecule has 1 N–H and O–H groups in total. The Kier molecular flexibility index (Phi) is 4.65. The maximum atomic E-state index is 13.8. The van der Waals surface area contributed by atoms with Crippen LogP contribution in [0.4, 0.5) is 8.78 Å². The van der Waals surface area contributed by atoms with Gasteiger partial charge in [-0.25, -0.2) is 13.8 Å². The van der Waals surface area contributed by atoms with Crippen molar-refractivity contribution < 1.29 is 18.6 Å². The minimum atomic E-state index is -1.27. The average Bonchev–Trinajstić information content (AvgIpc) is 2.93. The van der Waals surface area contributed by atoms with Crippen molar-refractivity contribution in [3.63, 3.8) is 0 Å². The minimum absolute atomic E-state index is 0.0821. The number of benzene rings is 1. The molecule has 1 fully saturated rings. The molecule has 0 spiro atoms. The fourth-order valence-electron chi connectivity index (χ4n) is 2.84. The Labute approximate surface area is 132 Å². The second-order valence-electron chi connectivity index (χ2n) is 5.48. The molecule has 124 valence electrons. The zero-order valence-electron chi connectivity index (χ0n) is 12.7. The first-order valence-corrected chi connectivity index (χ1v) is 7.35. The molecule has 0 bridgehead atoms. The van der Waals surface area contributed by atoms with Gasteiger partial charge in [-0.05, 0) is 12.1 Å². The summed E-state index contributed by atoms with van der Waals surface area (Å²) >= 11 is 0. The predicted octanol–water partition coefficient (Wildman–Crippen LogP) is 1.20. The van der Waals surface area contributed by atoms with E-state index in [1.54, 1.807) is 11.7 Å². The van der Waals surface area contributed by atoms with E-state index in [1.165, 1.54) is 12.4 Å². The normalized spacial score (nSPS) is 20.6. The molecule has 2 atom stereocenters. The van der Waals surface area contributed by atoms with Crippen LogP contribution in [0, 0.1) is 11.6 Å². The number of aliphatic hydroxyl groups excluding tert-OH is 1. The summed E-state index contributed by atoms with van der Waals surface area (Å²) in [5, 5.41) is 14.3. The number of halogens is 2. The summed E-state index contributed by atoms with van der Waals surface area (Å²) in [7, 11) is 1.77. The number of morpholine rings is 1. The van der Waals surface area contributed by atoms with Gasteiger partial charge in [-0.2, -0.15) is 5.10 Å². The van der Waals surface area contributed by atoms with Crippen LogP contribution in [-0.4, -0.2) is 51.1 Å². The Morgan fingerprint density at radius 3 is 2.78 bits per heavy atom. The summed E-state index contributed by atoms with van der Waals surface area (Å²) in [6, 6.07) is 3.33. The van der Waals surface area contributed by atoms with E-state index in [9.17, 15) is 13.9 Å². The number of hydrogen-bond donors (Lipinski definition) is 1. The lowest BCUT2D eigenvalue weighted by molar-refractivity contribution is -0.0327. The smallest absolute Gasteiger partial charge is 0.146 e. The summed E-state index contributed by atoms with van der Waals surface area (Å²) in [5.41, 5.74) is -0.310. The maximum absolute atomic E-state index is 13.8. The molecule has 1 aromatic carbocycles. The number of rotatable bonds is 4. The van der Waals surface area contributed by atoms with Crippen LogP contribution in [0.5, 0.6) is 0 Å². The highest BCUT2D eigenvalue weighted by Crippen LogP contribution is 2.27. The molecule has 0 amide bonds. The number of nitrogens with zero attached hydrogens (tertiary/aromatic N) is 4. The van der Waals surface area contributed by atoms with Crippen LogP contribution in [0.2, 0.25) is 0 Å². The van der Waals surface area contributed by atoms with Gasteiger partial charge >= 0.3 is 0 Å². The van der Waals surface area contributed by atoms with Crippen LogP contribution >= 0.6 is 0 Å². The van der Waals surface area contributed by atoms with Crippen molar-refractivity contribution in [3.8, 4) is 0 Å². The Bertz CT molecular complexity index is 659. The number of ether oxygens (including phenoxy) is 1. The lowest BCUT2D eigenvalue weighted by Crippen LogP contribution is -2.43. The molecule has 23 heavy (non-hydrogen) atoms. The molecule has 0 radical (unpaired) electrons. The summed E-state index contributed by atoms with van der Waals surface area (Å²) in [5.74, 6) is -0.812. The first kappa shape index (κ1) is 16.0. The number of aliphatic hydroxyl groups is 1. The molecule has 0 aliphatic carbocycles. The minimum Gasteiger partial charge on any atom is -0.387 e. The van der Waals surface area contributed by atoms with Gasteiger partial charge in [0.15, 0.2) is 0 Å². The molecular formula is C15H18F2N4O2. The predicted molar refractivity (Wildman–Crippen MR) is 77.5 cm³/mol. The number of β-amino-alcohol motifs (C(OH)–C–C–N with tert-alkyl or cyclic N) is 1. The van der Waals surface area contributed by atoms with Gasteiger partial charge in [0.25, 0.3) is 0 Å². The number of aryl methyl sites for hydroxylation is 1. The SMILES string of the molecule is Cn1ncnc1C1COCCN1CC(O)c1c(F)cccc1F. The van der Waals surface area contributed by atoms with E-state index in [0.717, 1.165) is 12.1 Å². The topological polar surface area (TPSA) is 63.4 Å². The van der Waals surface area contributed by atoms with Crippen molar-refractivity contribution in [2.24, 2.45) is 7.05 Å². The third kappa shape index (κ3) is 3.24. The van der Waals surface area contributed by atoms with Crippen molar-refractivity contribution in [3.05, 3.63) is 47.5 Å². The summed E-state index contributed by atoms with van der Waals surface area (Å²) in [4.78, 5) is 6.11. The van der Waals surface area contributed by atoms with E-state index in [-0.39, 0.29) is 18.2 Å². The Morgan fingerprint density at radius 1 is 1.39 bits per heavy atom. The number of aromatic nitrogens is 3. The molecule has 2 aromatic rings. The quantitative estimate of drug-likeness (QED) is 0.916. The third-order valence-corrected chi connectivity index (χ3v) is 4.02. The molecule has 6 nitrogen and oxygen atoms in total. The summed E-state index contributed by atoms with van der Waals surface area (Å²) < 4.78 is 34.7. The largest absolute Gasteiger partial charge is 0.387 e. The van der Waals surface area contributed by atoms with Crippen LogP contribution in [0.25, 0.3) is 0 Å². The fourth-order valence-corrected chi connectivity index (χ4v) is 2.84.